The fourth-order valence-corrected chi connectivity index (χ4v) is 2.84. The van der Waals surface area contributed by atoms with Crippen LogP contribution in [-0.2, 0) is 5.92 Å². The average Bonchev–Trinajstić information content (AvgIpc) is 2.35. The van der Waals surface area contributed by atoms with Crippen molar-refractivity contribution in [1.29, 1.82) is 0 Å². The fourth-order valence-electron chi connectivity index (χ4n) is 1.60. The van der Waals surface area contributed by atoms with Crippen molar-refractivity contribution in [2.24, 2.45) is 0 Å². The molecule has 0 heterocycles. The van der Waals surface area contributed by atoms with Gasteiger partial charge in [0.2, 0.25) is 0 Å². The van der Waals surface area contributed by atoms with Gasteiger partial charge in [-0.05, 0) is 12.5 Å². The second kappa shape index (κ2) is 5.86. The first kappa shape index (κ1) is 17.2. The molecule has 1 aromatic rings. The summed E-state index contributed by atoms with van der Waals surface area (Å²) < 4.78 is 32.3. The maximum absolute atomic E-state index is 14.6. The number of hydrogen-bond acceptors (Lipinski definition) is 1. The summed E-state index contributed by atoms with van der Waals surface area (Å²) in [6.45, 7) is 9.79. The third-order valence-electron chi connectivity index (χ3n) is 3.74. The summed E-state index contributed by atoms with van der Waals surface area (Å²) in [4.78, 5) is 0. The van der Waals surface area contributed by atoms with Crippen molar-refractivity contribution in [2.75, 3.05) is 12.5 Å². The number of halogens is 2. The topological polar surface area (TPSA) is 12.0 Å². The van der Waals surface area contributed by atoms with E-state index in [0.717, 1.165) is 0 Å². The summed E-state index contributed by atoms with van der Waals surface area (Å²) >= 11 is 0. The van der Waals surface area contributed by atoms with Gasteiger partial charge in [0.15, 0.2) is 0 Å². The summed E-state index contributed by atoms with van der Waals surface area (Å²) in [6.07, 6.45) is 5.35. The van der Waals surface area contributed by atoms with E-state index in [1.165, 1.54) is 18.2 Å². The van der Waals surface area contributed by atoms with Gasteiger partial charge in [-0.2, -0.15) is 19.0 Å². The second-order valence-corrected chi connectivity index (χ2v) is 10.4. The molecular weight excluding hydrogens is 276 g/mol. The molecule has 0 fully saturated rings. The highest BCUT2D eigenvalue weighted by atomic mass is 32.3. The molecule has 1 aromatic carbocycles. The second-order valence-electron chi connectivity index (χ2n) is 6.26. The lowest BCUT2D eigenvalue weighted by molar-refractivity contribution is -0.0214. The lowest BCUT2D eigenvalue weighted by atomic mass is 10.0. The van der Waals surface area contributed by atoms with Gasteiger partial charge in [0, 0.05) is 10.3 Å². The molecular formula is C16H25F2NS. The number of nitrogens with one attached hydrogen (secondary N) is 1. The molecule has 0 aromatic heterocycles. The number of hydrogen-bond donors (Lipinski definition) is 1. The van der Waals surface area contributed by atoms with Crippen LogP contribution in [0.5, 0.6) is 0 Å². The highest BCUT2D eigenvalue weighted by Crippen LogP contribution is 2.51. The largest absolute Gasteiger partial charge is 0.292 e. The van der Waals surface area contributed by atoms with E-state index < -0.39 is 22.2 Å². The first-order valence-electron chi connectivity index (χ1n) is 6.58. The lowest BCUT2D eigenvalue weighted by Gasteiger charge is -2.48. The fraction of sp³-hybridized carbons (Fsp3) is 0.500. The minimum absolute atomic E-state index is 0.0153. The number of benzene rings is 1. The van der Waals surface area contributed by atoms with Crippen LogP contribution in [-0.4, -0.2) is 23.3 Å². The highest BCUT2D eigenvalue weighted by Gasteiger charge is 2.43. The molecule has 114 valence electrons. The maximum atomic E-state index is 14.6. The van der Waals surface area contributed by atoms with Crippen molar-refractivity contribution in [3.05, 3.63) is 48.6 Å². The van der Waals surface area contributed by atoms with Gasteiger partial charge in [-0.25, -0.2) is 0 Å². The van der Waals surface area contributed by atoms with Gasteiger partial charge in [-0.1, -0.05) is 57.2 Å². The van der Waals surface area contributed by atoms with Crippen LogP contribution in [0.1, 0.15) is 26.3 Å². The van der Waals surface area contributed by atoms with Crippen LogP contribution in [0.15, 0.2) is 43.0 Å². The van der Waals surface area contributed by atoms with E-state index in [-0.39, 0.29) is 10.3 Å². The number of rotatable bonds is 5. The maximum Gasteiger partial charge on any atom is 0.292 e. The molecule has 0 unspecified atom stereocenters. The van der Waals surface area contributed by atoms with Crippen molar-refractivity contribution in [2.45, 2.75) is 37.5 Å². The molecule has 1 rings (SSSR count). The monoisotopic (exact) mass is 301 g/mol. The average molecular weight is 301 g/mol. The van der Waals surface area contributed by atoms with Gasteiger partial charge in [-0.15, -0.1) is 6.58 Å². The SMILES string of the molecule is C=C[C@@H](NS(C)(C)C(C)(C)C)C(F)(F)c1ccccc1. The van der Waals surface area contributed by atoms with E-state index in [1.54, 1.807) is 18.2 Å². The van der Waals surface area contributed by atoms with E-state index >= 15 is 0 Å². The van der Waals surface area contributed by atoms with E-state index in [4.69, 9.17) is 0 Å². The Morgan fingerprint density at radius 2 is 1.65 bits per heavy atom. The Kier molecular flexibility index (Phi) is 5.03. The molecule has 0 saturated carbocycles. The smallest absolute Gasteiger partial charge is 0.268 e. The Bertz CT molecular complexity index is 449. The number of alkyl halides is 2. The zero-order valence-electron chi connectivity index (χ0n) is 12.9. The Balaban J connectivity index is 3.05. The highest BCUT2D eigenvalue weighted by molar-refractivity contribution is 8.32. The van der Waals surface area contributed by atoms with Crippen LogP contribution in [0.25, 0.3) is 0 Å². The predicted octanol–water partition coefficient (Wildman–Crippen LogP) is 4.70. The van der Waals surface area contributed by atoms with Gasteiger partial charge in [0.25, 0.3) is 5.92 Å². The molecule has 0 spiro atoms. The Hall–Kier alpha value is -0.870. The van der Waals surface area contributed by atoms with E-state index in [2.05, 4.69) is 32.1 Å². The molecule has 0 bridgehead atoms. The molecule has 0 aliphatic rings. The molecule has 4 heteroatoms. The van der Waals surface area contributed by atoms with E-state index in [1.807, 2.05) is 12.5 Å². The van der Waals surface area contributed by atoms with E-state index in [0.29, 0.717) is 0 Å². The summed E-state index contributed by atoms with van der Waals surface area (Å²) in [5.41, 5.74) is 0.0153. The van der Waals surface area contributed by atoms with E-state index in [9.17, 15) is 8.78 Å². The minimum Gasteiger partial charge on any atom is -0.268 e. The molecule has 20 heavy (non-hydrogen) atoms. The van der Waals surface area contributed by atoms with Crippen molar-refractivity contribution >= 4 is 10.2 Å². The summed E-state index contributed by atoms with van der Waals surface area (Å²) in [6, 6.07) is 6.83. The molecule has 0 radical (unpaired) electrons. The van der Waals surface area contributed by atoms with Crippen LogP contribution in [0.2, 0.25) is 0 Å². The van der Waals surface area contributed by atoms with Gasteiger partial charge < -0.3 is 0 Å². The van der Waals surface area contributed by atoms with Gasteiger partial charge in [-0.3, -0.25) is 4.72 Å². The molecule has 0 saturated heterocycles. The minimum atomic E-state index is -2.97. The predicted molar refractivity (Wildman–Crippen MR) is 86.6 cm³/mol. The molecule has 1 N–H and O–H groups in total. The van der Waals surface area contributed by atoms with Crippen molar-refractivity contribution in [1.82, 2.24) is 4.72 Å². The van der Waals surface area contributed by atoms with Crippen LogP contribution >= 0.6 is 10.2 Å². The molecule has 1 nitrogen and oxygen atoms in total. The van der Waals surface area contributed by atoms with Crippen LogP contribution in [0.3, 0.4) is 0 Å². The zero-order valence-corrected chi connectivity index (χ0v) is 13.7. The van der Waals surface area contributed by atoms with Crippen LogP contribution in [0.4, 0.5) is 8.78 Å². The lowest BCUT2D eigenvalue weighted by Crippen LogP contribution is -2.46. The molecule has 0 amide bonds. The standard InChI is InChI=1S/C16H25F2NS/c1-7-14(19-20(5,6)15(2,3)4)16(17,18)13-11-9-8-10-12-13/h7-12,14,19H,1H2,2-6H3/t14-/m1/s1. The molecule has 1 atom stereocenters. The van der Waals surface area contributed by atoms with Crippen LogP contribution < -0.4 is 4.72 Å². The van der Waals surface area contributed by atoms with Crippen molar-refractivity contribution in [3.63, 3.8) is 0 Å². The summed E-state index contributed by atoms with van der Waals surface area (Å²) in [5, 5.41) is 0. The first-order chi connectivity index (χ1) is 9.02. The van der Waals surface area contributed by atoms with Crippen LogP contribution in [0, 0.1) is 0 Å². The summed E-state index contributed by atoms with van der Waals surface area (Å²) in [7, 11) is -1.40. The third-order valence-corrected chi connectivity index (χ3v) is 7.64. The quantitative estimate of drug-likeness (QED) is 0.777. The van der Waals surface area contributed by atoms with Crippen molar-refractivity contribution in [3.8, 4) is 0 Å². The normalized spacial score (nSPS) is 15.8. The Labute approximate surface area is 122 Å². The molecule has 0 aliphatic heterocycles. The van der Waals surface area contributed by atoms with Gasteiger partial charge >= 0.3 is 0 Å². The zero-order chi connectivity index (χ0) is 15.6. The first-order valence-corrected chi connectivity index (χ1v) is 9.03. The summed E-state index contributed by atoms with van der Waals surface area (Å²) in [5.74, 6) is -2.97. The van der Waals surface area contributed by atoms with Gasteiger partial charge in [0.05, 0.1) is 0 Å². The molecule has 0 aliphatic carbocycles. The van der Waals surface area contributed by atoms with Crippen molar-refractivity contribution < 1.29 is 8.78 Å². The Morgan fingerprint density at radius 3 is 2.05 bits per heavy atom. The Morgan fingerprint density at radius 1 is 1.15 bits per heavy atom. The van der Waals surface area contributed by atoms with Gasteiger partial charge in [0.1, 0.15) is 6.04 Å². The third kappa shape index (κ3) is 3.61.